The highest BCUT2D eigenvalue weighted by Crippen LogP contribution is 2.38. The van der Waals surface area contributed by atoms with Crippen LogP contribution in [0.1, 0.15) is 5.56 Å². The monoisotopic (exact) mass is 581 g/mol. The molecule has 0 saturated carbocycles. The number of methoxy groups -OCH3 is 1. The second-order valence-corrected chi connectivity index (χ2v) is 9.01. The summed E-state index contributed by atoms with van der Waals surface area (Å²) in [5.74, 6) is 1.57. The molecule has 1 aromatic heterocycles. The van der Waals surface area contributed by atoms with Gasteiger partial charge in [0.1, 0.15) is 0 Å². The first-order valence-electron chi connectivity index (χ1n) is 12.9. The molecular weight excluding hydrogens is 554 g/mol. The van der Waals surface area contributed by atoms with E-state index >= 15 is 0 Å². The van der Waals surface area contributed by atoms with Gasteiger partial charge < -0.3 is 28.7 Å². The zero-order valence-electron chi connectivity index (χ0n) is 22.5. The lowest BCUT2D eigenvalue weighted by atomic mass is 10.2. The van der Waals surface area contributed by atoms with Gasteiger partial charge in [-0.2, -0.15) is 20.1 Å². The van der Waals surface area contributed by atoms with Gasteiger partial charge in [-0.05, 0) is 29.8 Å². The number of benzene rings is 2. The van der Waals surface area contributed by atoms with Gasteiger partial charge in [-0.3, -0.25) is 20.2 Å². The number of ether oxygens (including phenoxy) is 4. The molecule has 220 valence electrons. The Morgan fingerprint density at radius 1 is 0.857 bits per heavy atom. The number of nitrogens with one attached hydrogen (secondary N) is 1. The lowest BCUT2D eigenvalue weighted by molar-refractivity contribution is -0.394. The molecule has 0 amide bonds. The van der Waals surface area contributed by atoms with Crippen LogP contribution >= 0.6 is 0 Å². The van der Waals surface area contributed by atoms with Crippen LogP contribution in [0, 0.1) is 20.2 Å². The molecule has 0 radical (unpaired) electrons. The Morgan fingerprint density at radius 3 is 2.05 bits per heavy atom. The van der Waals surface area contributed by atoms with E-state index in [0.717, 1.165) is 12.1 Å². The summed E-state index contributed by atoms with van der Waals surface area (Å²) in [6.45, 7) is 4.96. The Hall–Kier alpha value is -5.16. The summed E-state index contributed by atoms with van der Waals surface area (Å²) in [7, 11) is 1.41. The Labute approximate surface area is 239 Å². The van der Waals surface area contributed by atoms with Gasteiger partial charge in [0.05, 0.1) is 55.7 Å². The molecule has 5 rings (SSSR count). The van der Waals surface area contributed by atoms with Crippen LogP contribution in [0.4, 0.5) is 29.2 Å². The number of nitro benzene ring substituents is 2. The maximum absolute atomic E-state index is 11.5. The molecule has 0 unspecified atom stereocenters. The number of nitro groups is 2. The van der Waals surface area contributed by atoms with Crippen LogP contribution in [-0.4, -0.2) is 90.7 Å². The normalized spacial score (nSPS) is 15.5. The molecule has 0 spiro atoms. The number of morpholine rings is 2. The van der Waals surface area contributed by atoms with Gasteiger partial charge in [0.2, 0.25) is 23.6 Å². The van der Waals surface area contributed by atoms with Crippen LogP contribution in [0.2, 0.25) is 0 Å². The van der Waals surface area contributed by atoms with E-state index in [1.54, 1.807) is 18.2 Å². The molecule has 1 N–H and O–H groups in total. The predicted molar refractivity (Wildman–Crippen MR) is 150 cm³/mol. The van der Waals surface area contributed by atoms with E-state index < -0.39 is 21.2 Å². The first kappa shape index (κ1) is 28.4. The number of nitrogens with zero attached hydrogens (tertiary/aromatic N) is 8. The number of non-ortho nitro benzene ring substituents is 1. The average molecular weight is 582 g/mol. The van der Waals surface area contributed by atoms with Crippen LogP contribution in [0.5, 0.6) is 17.2 Å². The molecule has 2 fully saturated rings. The number of anilines is 3. The lowest BCUT2D eigenvalue weighted by Gasteiger charge is -2.30. The van der Waals surface area contributed by atoms with E-state index in [0.29, 0.717) is 70.1 Å². The third kappa shape index (κ3) is 6.76. The van der Waals surface area contributed by atoms with E-state index in [-0.39, 0.29) is 23.2 Å². The fraction of sp³-hybridized carbons (Fsp3) is 0.360. The maximum Gasteiger partial charge on any atom is 0.318 e. The standard InChI is InChI=1S/C25H27N9O8/c1-39-22-14-17(2-4-21(22)42-20-5-3-18(33(35)36)15-19(20)34(37)38)16-26-30-23-27-24(31-6-10-40-11-7-31)29-25(28-23)32-8-12-41-13-9-32/h2-5,14-16H,6-13H2,1H3,(H,27,28,29,30)/b26-16+. The number of hydrazone groups is 1. The summed E-state index contributed by atoms with van der Waals surface area (Å²) >= 11 is 0. The Balaban J connectivity index is 1.33. The summed E-state index contributed by atoms with van der Waals surface area (Å²) in [5, 5.41) is 26.8. The van der Waals surface area contributed by atoms with Crippen molar-refractivity contribution in [3.05, 3.63) is 62.2 Å². The van der Waals surface area contributed by atoms with E-state index in [2.05, 4.69) is 25.5 Å². The molecule has 3 heterocycles. The molecule has 3 aromatic rings. The van der Waals surface area contributed by atoms with Crippen molar-refractivity contribution in [3.8, 4) is 17.2 Å². The van der Waals surface area contributed by atoms with Crippen molar-refractivity contribution in [2.45, 2.75) is 0 Å². The molecule has 2 aromatic carbocycles. The fourth-order valence-electron chi connectivity index (χ4n) is 4.19. The summed E-state index contributed by atoms with van der Waals surface area (Å²) in [5.41, 5.74) is 2.51. The molecule has 0 bridgehead atoms. The fourth-order valence-corrected chi connectivity index (χ4v) is 4.19. The average Bonchev–Trinajstić information content (AvgIpc) is 3.02. The van der Waals surface area contributed by atoms with Crippen LogP contribution in [0.25, 0.3) is 0 Å². The largest absolute Gasteiger partial charge is 0.493 e. The maximum atomic E-state index is 11.5. The van der Waals surface area contributed by atoms with Crippen LogP contribution < -0.4 is 24.7 Å². The van der Waals surface area contributed by atoms with Gasteiger partial charge in [0, 0.05) is 32.2 Å². The van der Waals surface area contributed by atoms with Crippen LogP contribution in [0.3, 0.4) is 0 Å². The first-order valence-corrected chi connectivity index (χ1v) is 12.9. The molecule has 2 saturated heterocycles. The highest BCUT2D eigenvalue weighted by molar-refractivity contribution is 5.81. The van der Waals surface area contributed by atoms with Crippen molar-refractivity contribution in [3.63, 3.8) is 0 Å². The van der Waals surface area contributed by atoms with Gasteiger partial charge in [0.15, 0.2) is 11.5 Å². The van der Waals surface area contributed by atoms with Gasteiger partial charge in [-0.15, -0.1) is 0 Å². The molecule has 2 aliphatic heterocycles. The third-order valence-corrected chi connectivity index (χ3v) is 6.34. The van der Waals surface area contributed by atoms with E-state index in [4.69, 9.17) is 18.9 Å². The zero-order chi connectivity index (χ0) is 29.5. The Bertz CT molecular complexity index is 1440. The minimum atomic E-state index is -0.752. The third-order valence-electron chi connectivity index (χ3n) is 6.34. The van der Waals surface area contributed by atoms with Gasteiger partial charge in [0.25, 0.3) is 5.69 Å². The number of rotatable bonds is 10. The smallest absolute Gasteiger partial charge is 0.318 e. The van der Waals surface area contributed by atoms with Crippen molar-refractivity contribution >= 4 is 35.4 Å². The Kier molecular flexibility index (Phi) is 8.78. The highest BCUT2D eigenvalue weighted by atomic mass is 16.6. The molecule has 42 heavy (non-hydrogen) atoms. The number of aromatic nitrogens is 3. The molecule has 17 heteroatoms. The SMILES string of the molecule is COc1cc(/C=N/Nc2nc(N3CCOCC3)nc(N3CCOCC3)n2)ccc1Oc1ccc([N+](=O)[O-])cc1[N+](=O)[O-]. The van der Waals surface area contributed by atoms with E-state index in [9.17, 15) is 20.2 Å². The summed E-state index contributed by atoms with van der Waals surface area (Å²) < 4.78 is 22.0. The van der Waals surface area contributed by atoms with Crippen LogP contribution in [0.15, 0.2) is 41.5 Å². The van der Waals surface area contributed by atoms with Crippen molar-refractivity contribution < 1.29 is 28.8 Å². The van der Waals surface area contributed by atoms with Gasteiger partial charge in [-0.25, -0.2) is 5.43 Å². The van der Waals surface area contributed by atoms with E-state index in [1.807, 2.05) is 9.80 Å². The molecule has 0 atom stereocenters. The predicted octanol–water partition coefficient (Wildman–Crippen LogP) is 2.61. The van der Waals surface area contributed by atoms with Crippen molar-refractivity contribution in [2.75, 3.05) is 74.9 Å². The lowest BCUT2D eigenvalue weighted by Crippen LogP contribution is -2.40. The quantitative estimate of drug-likeness (QED) is 0.208. The molecule has 2 aliphatic rings. The first-order chi connectivity index (χ1) is 20.4. The van der Waals surface area contributed by atoms with Gasteiger partial charge >= 0.3 is 5.69 Å². The Morgan fingerprint density at radius 2 is 1.48 bits per heavy atom. The number of hydrogen-bond donors (Lipinski definition) is 1. The van der Waals surface area contributed by atoms with Crippen molar-refractivity contribution in [1.82, 2.24) is 15.0 Å². The molecule has 0 aliphatic carbocycles. The topological polar surface area (TPSA) is 193 Å². The minimum Gasteiger partial charge on any atom is -0.493 e. The zero-order valence-corrected chi connectivity index (χ0v) is 22.5. The summed E-state index contributed by atoms with van der Waals surface area (Å²) in [6.07, 6.45) is 1.52. The molecular formula is C25H27N9O8. The van der Waals surface area contributed by atoms with Crippen molar-refractivity contribution in [2.24, 2.45) is 5.10 Å². The highest BCUT2D eigenvalue weighted by Gasteiger charge is 2.23. The van der Waals surface area contributed by atoms with E-state index in [1.165, 1.54) is 19.4 Å². The summed E-state index contributed by atoms with van der Waals surface area (Å²) in [6, 6.07) is 7.94. The second kappa shape index (κ2) is 13.0. The minimum absolute atomic E-state index is 0.169. The molecule has 17 nitrogen and oxygen atoms in total. The summed E-state index contributed by atoms with van der Waals surface area (Å²) in [4.78, 5) is 38.8. The number of hydrogen-bond acceptors (Lipinski definition) is 15. The van der Waals surface area contributed by atoms with Crippen LogP contribution in [-0.2, 0) is 9.47 Å². The van der Waals surface area contributed by atoms with Crippen molar-refractivity contribution in [1.29, 1.82) is 0 Å². The van der Waals surface area contributed by atoms with Gasteiger partial charge in [-0.1, -0.05) is 0 Å². The second-order valence-electron chi connectivity index (χ2n) is 9.01.